The van der Waals surface area contributed by atoms with Crippen LogP contribution in [0.3, 0.4) is 0 Å². The van der Waals surface area contributed by atoms with Gasteiger partial charge in [0.05, 0.1) is 4.90 Å². The summed E-state index contributed by atoms with van der Waals surface area (Å²) in [5.74, 6) is -0.529. The van der Waals surface area contributed by atoms with Gasteiger partial charge in [-0.2, -0.15) is 4.31 Å². The van der Waals surface area contributed by atoms with Crippen LogP contribution in [0.5, 0.6) is 0 Å². The van der Waals surface area contributed by atoms with Crippen LogP contribution in [0.15, 0.2) is 23.1 Å². The van der Waals surface area contributed by atoms with Gasteiger partial charge in [0.25, 0.3) is 0 Å². The molecular weight excluding hydrogens is 267 g/mol. The van der Waals surface area contributed by atoms with Crippen LogP contribution in [-0.2, 0) is 10.0 Å². The quantitative estimate of drug-likeness (QED) is 0.864. The molecule has 1 aromatic carbocycles. The predicted octanol–water partition coefficient (Wildman–Crippen LogP) is 1.64. The molecular formula is C13H19FN2O2S. The van der Waals surface area contributed by atoms with Crippen LogP contribution in [0.2, 0.25) is 0 Å². The molecule has 1 fully saturated rings. The predicted molar refractivity (Wildman–Crippen MR) is 71.7 cm³/mol. The molecule has 0 aliphatic heterocycles. The first-order valence-corrected chi connectivity index (χ1v) is 7.89. The van der Waals surface area contributed by atoms with Crippen LogP contribution in [0, 0.1) is 12.7 Å². The highest BCUT2D eigenvalue weighted by Crippen LogP contribution is 2.33. The molecule has 0 amide bonds. The minimum atomic E-state index is -3.63. The van der Waals surface area contributed by atoms with Crippen molar-refractivity contribution in [3.05, 3.63) is 29.6 Å². The van der Waals surface area contributed by atoms with Crippen LogP contribution in [0.1, 0.15) is 24.8 Å². The van der Waals surface area contributed by atoms with Gasteiger partial charge in [0.1, 0.15) is 5.82 Å². The van der Waals surface area contributed by atoms with Gasteiger partial charge in [0.2, 0.25) is 10.0 Å². The number of halogens is 1. The first-order valence-electron chi connectivity index (χ1n) is 6.45. The van der Waals surface area contributed by atoms with Crippen molar-refractivity contribution in [2.75, 3.05) is 13.1 Å². The third-order valence-electron chi connectivity index (χ3n) is 3.27. The molecule has 0 atom stereocenters. The van der Waals surface area contributed by atoms with E-state index in [1.807, 2.05) is 0 Å². The van der Waals surface area contributed by atoms with E-state index >= 15 is 0 Å². The van der Waals surface area contributed by atoms with Crippen LogP contribution in [-0.4, -0.2) is 31.9 Å². The number of sulfonamides is 1. The van der Waals surface area contributed by atoms with Gasteiger partial charge < -0.3 is 5.73 Å². The molecule has 2 N–H and O–H groups in total. The number of nitrogens with zero attached hydrogens (tertiary/aromatic N) is 1. The van der Waals surface area contributed by atoms with Gasteiger partial charge in [0.15, 0.2) is 0 Å². The maximum atomic E-state index is 13.3. The molecule has 1 aromatic rings. The Hall–Kier alpha value is -0.980. The number of hydrogen-bond donors (Lipinski definition) is 1. The van der Waals surface area contributed by atoms with Gasteiger partial charge in [-0.15, -0.1) is 0 Å². The smallest absolute Gasteiger partial charge is 0.243 e. The Morgan fingerprint density at radius 2 is 2.11 bits per heavy atom. The maximum Gasteiger partial charge on any atom is 0.243 e. The molecule has 0 saturated heterocycles. The summed E-state index contributed by atoms with van der Waals surface area (Å²) in [6.45, 7) is 2.53. The highest BCUT2D eigenvalue weighted by Gasteiger charge is 2.38. The van der Waals surface area contributed by atoms with E-state index in [9.17, 15) is 12.8 Å². The second-order valence-electron chi connectivity index (χ2n) is 4.90. The molecule has 0 heterocycles. The number of nitrogens with two attached hydrogens (primary N) is 1. The van der Waals surface area contributed by atoms with Gasteiger partial charge in [-0.3, -0.25) is 0 Å². The molecule has 1 aliphatic carbocycles. The Morgan fingerprint density at radius 3 is 2.68 bits per heavy atom. The summed E-state index contributed by atoms with van der Waals surface area (Å²) in [6, 6.07) is 3.92. The fourth-order valence-corrected chi connectivity index (χ4v) is 4.05. The number of benzene rings is 1. The van der Waals surface area contributed by atoms with Crippen molar-refractivity contribution in [1.82, 2.24) is 4.31 Å². The van der Waals surface area contributed by atoms with Crippen molar-refractivity contribution in [2.45, 2.75) is 37.1 Å². The Balaban J connectivity index is 2.35. The van der Waals surface area contributed by atoms with E-state index in [1.165, 1.54) is 16.4 Å². The van der Waals surface area contributed by atoms with E-state index in [0.717, 1.165) is 18.9 Å². The first-order chi connectivity index (χ1) is 8.96. The topological polar surface area (TPSA) is 63.4 Å². The average Bonchev–Trinajstić information content (AvgIpc) is 3.17. The van der Waals surface area contributed by atoms with E-state index in [0.29, 0.717) is 25.1 Å². The van der Waals surface area contributed by atoms with Crippen molar-refractivity contribution in [2.24, 2.45) is 5.73 Å². The maximum absolute atomic E-state index is 13.3. The largest absolute Gasteiger partial charge is 0.330 e. The summed E-state index contributed by atoms with van der Waals surface area (Å²) in [7, 11) is -3.63. The number of rotatable bonds is 6. The van der Waals surface area contributed by atoms with Crippen molar-refractivity contribution in [3.63, 3.8) is 0 Å². The second-order valence-corrected chi connectivity index (χ2v) is 6.76. The normalized spacial score (nSPS) is 16.0. The number of hydrogen-bond acceptors (Lipinski definition) is 3. The van der Waals surface area contributed by atoms with Crippen LogP contribution in [0.4, 0.5) is 4.39 Å². The third-order valence-corrected chi connectivity index (χ3v) is 5.37. The highest BCUT2D eigenvalue weighted by molar-refractivity contribution is 7.89. The Labute approximate surface area is 113 Å². The van der Waals surface area contributed by atoms with E-state index in [-0.39, 0.29) is 10.9 Å². The molecule has 1 aliphatic rings. The molecule has 4 nitrogen and oxygen atoms in total. The van der Waals surface area contributed by atoms with Gasteiger partial charge in [0, 0.05) is 12.6 Å². The molecule has 106 valence electrons. The standard InChI is InChI=1S/C13H19FN2O2S/c1-10-3-4-11(14)9-13(10)19(17,18)16(8-2-7-15)12-5-6-12/h3-4,9,12H,2,5-8,15H2,1H3. The molecule has 2 rings (SSSR count). The van der Waals surface area contributed by atoms with Crippen LogP contribution < -0.4 is 5.73 Å². The lowest BCUT2D eigenvalue weighted by atomic mass is 10.2. The third kappa shape index (κ3) is 3.13. The minimum Gasteiger partial charge on any atom is -0.330 e. The Morgan fingerprint density at radius 1 is 1.42 bits per heavy atom. The zero-order valence-electron chi connectivity index (χ0n) is 11.0. The van der Waals surface area contributed by atoms with Crippen molar-refractivity contribution >= 4 is 10.0 Å². The molecule has 1 saturated carbocycles. The SMILES string of the molecule is Cc1ccc(F)cc1S(=O)(=O)N(CCCN)C1CC1. The van der Waals surface area contributed by atoms with Crippen LogP contribution >= 0.6 is 0 Å². The molecule has 0 unspecified atom stereocenters. The summed E-state index contributed by atoms with van der Waals surface area (Å²) < 4.78 is 40.0. The minimum absolute atomic E-state index is 0.0548. The first kappa shape index (κ1) is 14.4. The summed E-state index contributed by atoms with van der Waals surface area (Å²) in [4.78, 5) is 0.0661. The summed E-state index contributed by atoms with van der Waals surface area (Å²) in [5.41, 5.74) is 6.02. The van der Waals surface area contributed by atoms with E-state index in [1.54, 1.807) is 6.92 Å². The van der Waals surface area contributed by atoms with Crippen molar-refractivity contribution in [3.8, 4) is 0 Å². The average molecular weight is 286 g/mol. The number of aryl methyl sites for hydroxylation is 1. The highest BCUT2D eigenvalue weighted by atomic mass is 32.2. The zero-order chi connectivity index (χ0) is 14.0. The van der Waals surface area contributed by atoms with Gasteiger partial charge in [-0.1, -0.05) is 6.07 Å². The Kier molecular flexibility index (Phi) is 4.23. The Bertz CT molecular complexity index is 556. The van der Waals surface area contributed by atoms with E-state index in [2.05, 4.69) is 0 Å². The van der Waals surface area contributed by atoms with E-state index in [4.69, 9.17) is 5.73 Å². The molecule has 0 aromatic heterocycles. The lowest BCUT2D eigenvalue weighted by Crippen LogP contribution is -2.35. The van der Waals surface area contributed by atoms with Crippen molar-refractivity contribution in [1.29, 1.82) is 0 Å². The van der Waals surface area contributed by atoms with E-state index < -0.39 is 15.8 Å². The summed E-state index contributed by atoms with van der Waals surface area (Å²) >= 11 is 0. The molecule has 0 spiro atoms. The zero-order valence-corrected chi connectivity index (χ0v) is 11.8. The van der Waals surface area contributed by atoms with Gasteiger partial charge >= 0.3 is 0 Å². The monoisotopic (exact) mass is 286 g/mol. The van der Waals surface area contributed by atoms with Gasteiger partial charge in [-0.05, 0) is 50.4 Å². The lowest BCUT2D eigenvalue weighted by Gasteiger charge is -2.22. The molecule has 19 heavy (non-hydrogen) atoms. The van der Waals surface area contributed by atoms with Crippen LogP contribution in [0.25, 0.3) is 0 Å². The summed E-state index contributed by atoms with van der Waals surface area (Å²) in [5, 5.41) is 0. The molecule has 6 heteroatoms. The molecule has 0 bridgehead atoms. The second kappa shape index (κ2) is 5.56. The fraction of sp³-hybridized carbons (Fsp3) is 0.538. The van der Waals surface area contributed by atoms with Gasteiger partial charge in [-0.25, -0.2) is 12.8 Å². The summed E-state index contributed by atoms with van der Waals surface area (Å²) in [6.07, 6.45) is 2.36. The fourth-order valence-electron chi connectivity index (χ4n) is 2.09. The molecule has 0 radical (unpaired) electrons. The lowest BCUT2D eigenvalue weighted by molar-refractivity contribution is 0.399. The van der Waals surface area contributed by atoms with Crippen molar-refractivity contribution < 1.29 is 12.8 Å².